The van der Waals surface area contributed by atoms with Crippen LogP contribution in [0.15, 0.2) is 29.2 Å². The van der Waals surface area contributed by atoms with Crippen molar-refractivity contribution in [3.05, 3.63) is 29.8 Å². The van der Waals surface area contributed by atoms with E-state index in [1.54, 1.807) is 6.92 Å². The van der Waals surface area contributed by atoms with Crippen LogP contribution in [0, 0.1) is 0 Å². The summed E-state index contributed by atoms with van der Waals surface area (Å²) in [6.45, 7) is 1.56. The summed E-state index contributed by atoms with van der Waals surface area (Å²) in [5.41, 5.74) is 5.54. The lowest BCUT2D eigenvalue weighted by atomic mass is 10.1. The second-order valence-electron chi connectivity index (χ2n) is 3.86. The first kappa shape index (κ1) is 14.6. The highest BCUT2D eigenvalue weighted by atomic mass is 32.2. The molecule has 0 fully saturated rings. The fourth-order valence-electron chi connectivity index (χ4n) is 1.32. The van der Waals surface area contributed by atoms with Crippen LogP contribution < -0.4 is 10.5 Å². The molecule has 1 unspecified atom stereocenters. The Morgan fingerprint density at radius 1 is 1.39 bits per heavy atom. The van der Waals surface area contributed by atoms with Crippen molar-refractivity contribution in [2.45, 2.75) is 24.3 Å². The van der Waals surface area contributed by atoms with Gasteiger partial charge in [0, 0.05) is 13.0 Å². The summed E-state index contributed by atoms with van der Waals surface area (Å²) in [7, 11) is -3.64. The van der Waals surface area contributed by atoms with Crippen LogP contribution in [0.2, 0.25) is 0 Å². The highest BCUT2D eigenvalue weighted by Crippen LogP contribution is 2.15. The monoisotopic (exact) mass is 272 g/mol. The van der Waals surface area contributed by atoms with E-state index in [9.17, 15) is 18.3 Å². The molecule has 1 amide bonds. The Balaban J connectivity index is 2.76. The van der Waals surface area contributed by atoms with Gasteiger partial charge in [0.05, 0.1) is 11.0 Å². The van der Waals surface area contributed by atoms with Crippen molar-refractivity contribution in [2.75, 3.05) is 6.54 Å². The van der Waals surface area contributed by atoms with Crippen LogP contribution in [-0.4, -0.2) is 26.0 Å². The Kier molecular flexibility index (Phi) is 4.83. The van der Waals surface area contributed by atoms with E-state index in [1.807, 2.05) is 0 Å². The highest BCUT2D eigenvalue weighted by Gasteiger charge is 2.14. The van der Waals surface area contributed by atoms with Crippen LogP contribution in [0.1, 0.15) is 25.0 Å². The van der Waals surface area contributed by atoms with E-state index < -0.39 is 22.0 Å². The Bertz CT molecular complexity index is 508. The number of carbonyl (C=O) groups excluding carboxylic acids is 1. The minimum atomic E-state index is -3.64. The number of nitrogens with two attached hydrogens (primary N) is 1. The summed E-state index contributed by atoms with van der Waals surface area (Å²) in [6.07, 6.45) is -0.699. The van der Waals surface area contributed by atoms with Gasteiger partial charge in [-0.1, -0.05) is 12.1 Å². The van der Waals surface area contributed by atoms with Crippen LogP contribution in [0.4, 0.5) is 0 Å². The molecule has 1 aromatic carbocycles. The molecule has 4 N–H and O–H groups in total. The Morgan fingerprint density at radius 3 is 2.39 bits per heavy atom. The van der Waals surface area contributed by atoms with Gasteiger partial charge in [0.25, 0.3) is 0 Å². The molecular formula is C11H16N2O4S. The minimum absolute atomic E-state index is 0.0319. The summed E-state index contributed by atoms with van der Waals surface area (Å²) in [5, 5.41) is 9.30. The molecule has 100 valence electrons. The van der Waals surface area contributed by atoms with Gasteiger partial charge in [0.1, 0.15) is 0 Å². The lowest BCUT2D eigenvalue weighted by Crippen LogP contribution is -2.28. The van der Waals surface area contributed by atoms with Gasteiger partial charge >= 0.3 is 0 Å². The van der Waals surface area contributed by atoms with E-state index in [1.165, 1.54) is 24.3 Å². The first-order valence-corrected chi connectivity index (χ1v) is 6.87. The van der Waals surface area contributed by atoms with E-state index >= 15 is 0 Å². The van der Waals surface area contributed by atoms with Crippen molar-refractivity contribution in [3.8, 4) is 0 Å². The molecule has 18 heavy (non-hydrogen) atoms. The third-order valence-electron chi connectivity index (χ3n) is 2.34. The maximum atomic E-state index is 11.8. The van der Waals surface area contributed by atoms with Crippen molar-refractivity contribution < 1.29 is 18.3 Å². The number of rotatable bonds is 6. The van der Waals surface area contributed by atoms with Crippen LogP contribution in [0.25, 0.3) is 0 Å². The Hall–Kier alpha value is -1.44. The number of primary amides is 1. The predicted molar refractivity (Wildman–Crippen MR) is 66.1 cm³/mol. The molecule has 0 heterocycles. The van der Waals surface area contributed by atoms with Gasteiger partial charge < -0.3 is 10.8 Å². The van der Waals surface area contributed by atoms with Crippen molar-refractivity contribution in [2.24, 2.45) is 5.73 Å². The molecule has 0 bridgehead atoms. The fraction of sp³-hybridized carbons (Fsp3) is 0.364. The number of hydrogen-bond acceptors (Lipinski definition) is 4. The summed E-state index contributed by atoms with van der Waals surface area (Å²) in [4.78, 5) is 10.6. The number of benzene rings is 1. The van der Waals surface area contributed by atoms with Crippen molar-refractivity contribution >= 4 is 15.9 Å². The van der Waals surface area contributed by atoms with Crippen LogP contribution in [0.3, 0.4) is 0 Å². The summed E-state index contributed by atoms with van der Waals surface area (Å²) >= 11 is 0. The van der Waals surface area contributed by atoms with Crippen molar-refractivity contribution in [3.63, 3.8) is 0 Å². The zero-order chi connectivity index (χ0) is 13.8. The molecular weight excluding hydrogens is 256 g/mol. The molecule has 1 atom stereocenters. The molecule has 0 spiro atoms. The number of sulfonamides is 1. The van der Waals surface area contributed by atoms with Gasteiger partial charge in [-0.05, 0) is 24.6 Å². The quantitative estimate of drug-likeness (QED) is 0.671. The van der Waals surface area contributed by atoms with Crippen LogP contribution in [-0.2, 0) is 14.8 Å². The van der Waals surface area contributed by atoms with Gasteiger partial charge in [-0.3, -0.25) is 4.79 Å². The lowest BCUT2D eigenvalue weighted by molar-refractivity contribution is -0.117. The van der Waals surface area contributed by atoms with E-state index in [4.69, 9.17) is 5.73 Å². The summed E-state index contributed by atoms with van der Waals surface area (Å²) in [5.74, 6) is -0.567. The molecule has 1 rings (SSSR count). The standard InChI is InChI=1S/C11H16N2O4S/c1-8(14)9-2-4-10(5-3-9)18(16,17)13-7-6-11(12)15/h2-5,8,13-14H,6-7H2,1H3,(H2,12,15). The largest absolute Gasteiger partial charge is 0.389 e. The second kappa shape index (κ2) is 5.94. The lowest BCUT2D eigenvalue weighted by Gasteiger charge is -2.08. The molecule has 0 aromatic heterocycles. The first-order chi connectivity index (χ1) is 8.33. The summed E-state index contributed by atoms with van der Waals surface area (Å²) in [6, 6.07) is 5.87. The number of aliphatic hydroxyl groups excluding tert-OH is 1. The molecule has 0 radical (unpaired) electrons. The third-order valence-corrected chi connectivity index (χ3v) is 3.81. The maximum Gasteiger partial charge on any atom is 0.240 e. The predicted octanol–water partition coefficient (Wildman–Crippen LogP) is -0.106. The van der Waals surface area contributed by atoms with Crippen LogP contribution in [0.5, 0.6) is 0 Å². The average Bonchev–Trinajstić information content (AvgIpc) is 2.28. The molecule has 0 aliphatic rings. The average molecular weight is 272 g/mol. The van der Waals surface area contributed by atoms with E-state index in [2.05, 4.69) is 4.72 Å². The molecule has 0 saturated carbocycles. The summed E-state index contributed by atoms with van der Waals surface area (Å²) < 4.78 is 25.8. The molecule has 7 heteroatoms. The van der Waals surface area contributed by atoms with E-state index in [-0.39, 0.29) is 17.9 Å². The fourth-order valence-corrected chi connectivity index (χ4v) is 2.35. The van der Waals surface area contributed by atoms with Gasteiger partial charge in [-0.15, -0.1) is 0 Å². The van der Waals surface area contributed by atoms with Crippen molar-refractivity contribution in [1.29, 1.82) is 0 Å². The number of carbonyl (C=O) groups is 1. The van der Waals surface area contributed by atoms with E-state index in [0.717, 1.165) is 0 Å². The minimum Gasteiger partial charge on any atom is -0.389 e. The topological polar surface area (TPSA) is 109 Å². The zero-order valence-corrected chi connectivity index (χ0v) is 10.8. The zero-order valence-electron chi connectivity index (χ0n) is 9.96. The molecule has 6 nitrogen and oxygen atoms in total. The number of nitrogens with one attached hydrogen (secondary N) is 1. The van der Waals surface area contributed by atoms with E-state index in [0.29, 0.717) is 5.56 Å². The maximum absolute atomic E-state index is 11.8. The molecule has 0 aliphatic carbocycles. The molecule has 0 saturated heterocycles. The van der Waals surface area contributed by atoms with Gasteiger partial charge in [0.15, 0.2) is 0 Å². The molecule has 1 aromatic rings. The van der Waals surface area contributed by atoms with Gasteiger partial charge in [-0.2, -0.15) is 0 Å². The van der Waals surface area contributed by atoms with Crippen molar-refractivity contribution in [1.82, 2.24) is 4.72 Å². The number of aliphatic hydroxyl groups is 1. The first-order valence-electron chi connectivity index (χ1n) is 5.39. The molecule has 0 aliphatic heterocycles. The number of amides is 1. The smallest absolute Gasteiger partial charge is 0.240 e. The second-order valence-corrected chi connectivity index (χ2v) is 5.63. The van der Waals surface area contributed by atoms with Crippen LogP contribution >= 0.6 is 0 Å². The van der Waals surface area contributed by atoms with Gasteiger partial charge in [0.2, 0.25) is 15.9 Å². The normalized spacial score (nSPS) is 13.2. The Morgan fingerprint density at radius 2 is 1.94 bits per heavy atom. The SMILES string of the molecule is CC(O)c1ccc(S(=O)(=O)NCCC(N)=O)cc1. The number of hydrogen-bond donors (Lipinski definition) is 3. The third kappa shape index (κ3) is 4.10. The Labute approximate surface area is 106 Å². The highest BCUT2D eigenvalue weighted by molar-refractivity contribution is 7.89. The van der Waals surface area contributed by atoms with Gasteiger partial charge in [-0.25, -0.2) is 13.1 Å².